The molecule has 0 fully saturated rings. The lowest BCUT2D eigenvalue weighted by atomic mass is 10.1. The predicted molar refractivity (Wildman–Crippen MR) is 72.0 cm³/mol. The Kier molecular flexibility index (Phi) is 6.65. The van der Waals surface area contributed by atoms with Crippen molar-refractivity contribution in [3.8, 4) is 0 Å². The van der Waals surface area contributed by atoms with Gasteiger partial charge in [0.25, 0.3) is 0 Å². The summed E-state index contributed by atoms with van der Waals surface area (Å²) in [5.74, 6) is 0. The summed E-state index contributed by atoms with van der Waals surface area (Å²) >= 11 is 1.79. The quantitative estimate of drug-likeness (QED) is 0.693. The fraction of sp³-hybridized carbons (Fsp3) is 0.769. The highest BCUT2D eigenvalue weighted by Crippen LogP contribution is 2.18. The Labute approximate surface area is 103 Å². The van der Waals surface area contributed by atoms with Gasteiger partial charge in [-0.25, -0.2) is 4.98 Å². The fourth-order valence-electron chi connectivity index (χ4n) is 1.71. The molecule has 0 saturated heterocycles. The molecule has 0 aromatic carbocycles. The Morgan fingerprint density at radius 1 is 1.31 bits per heavy atom. The van der Waals surface area contributed by atoms with Crippen molar-refractivity contribution in [1.82, 2.24) is 10.3 Å². The maximum atomic E-state index is 4.40. The number of nitrogens with zero attached hydrogens (tertiary/aromatic N) is 1. The Balaban J connectivity index is 2.09. The summed E-state index contributed by atoms with van der Waals surface area (Å²) < 4.78 is 0. The molecule has 0 saturated carbocycles. The second-order valence-corrected chi connectivity index (χ2v) is 5.67. The number of unbranched alkanes of at least 4 members (excludes halogenated alkanes) is 4. The number of hydrogen-bond donors (Lipinski definition) is 1. The van der Waals surface area contributed by atoms with Gasteiger partial charge in [-0.1, -0.05) is 32.6 Å². The summed E-state index contributed by atoms with van der Waals surface area (Å²) in [5, 5.41) is 4.75. The third kappa shape index (κ3) is 5.08. The Hall–Kier alpha value is -0.410. The van der Waals surface area contributed by atoms with Gasteiger partial charge in [-0.15, -0.1) is 11.3 Å². The molecule has 0 spiro atoms. The van der Waals surface area contributed by atoms with Gasteiger partial charge in [-0.05, 0) is 26.8 Å². The molecule has 0 bridgehead atoms. The summed E-state index contributed by atoms with van der Waals surface area (Å²) in [6.07, 6.45) is 8.67. The van der Waals surface area contributed by atoms with Crippen LogP contribution in [0.2, 0.25) is 0 Å². The number of nitrogens with one attached hydrogen (secondary N) is 1. The minimum Gasteiger partial charge on any atom is -0.308 e. The van der Waals surface area contributed by atoms with Crippen LogP contribution in [-0.2, 0) is 0 Å². The van der Waals surface area contributed by atoms with Crippen molar-refractivity contribution >= 4 is 11.3 Å². The van der Waals surface area contributed by atoms with Crippen molar-refractivity contribution < 1.29 is 0 Å². The van der Waals surface area contributed by atoms with E-state index in [1.54, 1.807) is 11.3 Å². The van der Waals surface area contributed by atoms with E-state index in [0.717, 1.165) is 6.54 Å². The number of rotatable bonds is 8. The smallest absolute Gasteiger partial charge is 0.109 e. The standard InChI is InChI=1S/C13H24N2S/c1-4-5-6-7-8-9-14-12(3)13-15-10-11(2)16-13/h10,12,14H,4-9H2,1-3H3. The predicted octanol–water partition coefficient (Wildman–Crippen LogP) is 4.07. The molecular formula is C13H24N2S. The molecule has 3 heteroatoms. The third-order valence-electron chi connectivity index (χ3n) is 2.74. The van der Waals surface area contributed by atoms with Crippen LogP contribution in [0, 0.1) is 6.92 Å². The molecule has 0 aliphatic heterocycles. The second-order valence-electron chi connectivity index (χ2n) is 4.40. The van der Waals surface area contributed by atoms with Crippen LogP contribution in [-0.4, -0.2) is 11.5 Å². The Morgan fingerprint density at radius 3 is 2.69 bits per heavy atom. The van der Waals surface area contributed by atoms with Crippen LogP contribution in [0.15, 0.2) is 6.20 Å². The van der Waals surface area contributed by atoms with Gasteiger partial charge in [0.05, 0.1) is 6.04 Å². The van der Waals surface area contributed by atoms with E-state index in [-0.39, 0.29) is 0 Å². The number of thiazole rings is 1. The average Bonchev–Trinajstić information content (AvgIpc) is 2.70. The summed E-state index contributed by atoms with van der Waals surface area (Å²) in [4.78, 5) is 5.70. The molecule has 1 N–H and O–H groups in total. The van der Waals surface area contributed by atoms with Crippen molar-refractivity contribution in [2.45, 2.75) is 58.9 Å². The van der Waals surface area contributed by atoms with Crippen molar-refractivity contribution in [3.63, 3.8) is 0 Å². The maximum absolute atomic E-state index is 4.40. The largest absolute Gasteiger partial charge is 0.308 e. The van der Waals surface area contributed by atoms with Crippen LogP contribution in [0.1, 0.15) is 61.9 Å². The van der Waals surface area contributed by atoms with E-state index in [2.05, 4.69) is 31.1 Å². The molecule has 2 nitrogen and oxygen atoms in total. The highest BCUT2D eigenvalue weighted by molar-refractivity contribution is 7.11. The highest BCUT2D eigenvalue weighted by atomic mass is 32.1. The first-order valence-corrected chi connectivity index (χ1v) is 7.21. The SMILES string of the molecule is CCCCCCCNC(C)c1ncc(C)s1. The van der Waals surface area contributed by atoms with Crippen LogP contribution >= 0.6 is 11.3 Å². The van der Waals surface area contributed by atoms with Crippen LogP contribution < -0.4 is 5.32 Å². The van der Waals surface area contributed by atoms with Gasteiger partial charge in [0.2, 0.25) is 0 Å². The third-order valence-corrected chi connectivity index (χ3v) is 3.84. The molecular weight excluding hydrogens is 216 g/mol. The highest BCUT2D eigenvalue weighted by Gasteiger charge is 2.07. The van der Waals surface area contributed by atoms with E-state index in [1.165, 1.54) is 42.0 Å². The van der Waals surface area contributed by atoms with Gasteiger partial charge in [0.15, 0.2) is 0 Å². The average molecular weight is 240 g/mol. The zero-order chi connectivity index (χ0) is 11.8. The molecule has 1 unspecified atom stereocenters. The van der Waals surface area contributed by atoms with E-state index in [1.807, 2.05) is 6.20 Å². The van der Waals surface area contributed by atoms with Gasteiger partial charge in [-0.2, -0.15) is 0 Å². The summed E-state index contributed by atoms with van der Waals surface area (Å²) in [6, 6.07) is 0.407. The van der Waals surface area contributed by atoms with E-state index in [9.17, 15) is 0 Å². The maximum Gasteiger partial charge on any atom is 0.109 e. The monoisotopic (exact) mass is 240 g/mol. The van der Waals surface area contributed by atoms with E-state index in [4.69, 9.17) is 0 Å². The molecule has 0 aliphatic carbocycles. The number of aryl methyl sites for hydroxylation is 1. The molecule has 1 heterocycles. The Morgan fingerprint density at radius 2 is 2.06 bits per heavy atom. The molecule has 0 amide bonds. The van der Waals surface area contributed by atoms with E-state index >= 15 is 0 Å². The van der Waals surface area contributed by atoms with Crippen molar-refractivity contribution in [3.05, 3.63) is 16.1 Å². The van der Waals surface area contributed by atoms with Crippen molar-refractivity contribution in [2.75, 3.05) is 6.54 Å². The molecule has 16 heavy (non-hydrogen) atoms. The lowest BCUT2D eigenvalue weighted by Gasteiger charge is -2.10. The van der Waals surface area contributed by atoms with E-state index < -0.39 is 0 Å². The first-order chi connectivity index (χ1) is 7.74. The first-order valence-electron chi connectivity index (χ1n) is 6.39. The zero-order valence-corrected chi connectivity index (χ0v) is 11.6. The van der Waals surface area contributed by atoms with Crippen LogP contribution in [0.25, 0.3) is 0 Å². The molecule has 1 rings (SSSR count). The minimum absolute atomic E-state index is 0.407. The van der Waals surface area contributed by atoms with Crippen LogP contribution in [0.4, 0.5) is 0 Å². The lowest BCUT2D eigenvalue weighted by molar-refractivity contribution is 0.530. The van der Waals surface area contributed by atoms with Gasteiger partial charge in [0, 0.05) is 11.1 Å². The zero-order valence-electron chi connectivity index (χ0n) is 10.8. The summed E-state index contributed by atoms with van der Waals surface area (Å²) in [6.45, 7) is 7.68. The van der Waals surface area contributed by atoms with Crippen molar-refractivity contribution in [2.24, 2.45) is 0 Å². The van der Waals surface area contributed by atoms with Gasteiger partial charge < -0.3 is 5.32 Å². The van der Waals surface area contributed by atoms with Crippen molar-refractivity contribution in [1.29, 1.82) is 0 Å². The second kappa shape index (κ2) is 7.80. The normalized spacial score (nSPS) is 12.9. The van der Waals surface area contributed by atoms with Gasteiger partial charge >= 0.3 is 0 Å². The molecule has 0 aliphatic rings. The fourth-order valence-corrected chi connectivity index (χ4v) is 2.51. The Bertz CT molecular complexity index is 283. The molecule has 92 valence electrons. The van der Waals surface area contributed by atoms with Gasteiger partial charge in [-0.3, -0.25) is 0 Å². The summed E-state index contributed by atoms with van der Waals surface area (Å²) in [5.41, 5.74) is 0. The molecule has 1 aromatic rings. The molecule has 0 radical (unpaired) electrons. The van der Waals surface area contributed by atoms with Crippen LogP contribution in [0.3, 0.4) is 0 Å². The lowest BCUT2D eigenvalue weighted by Crippen LogP contribution is -2.19. The van der Waals surface area contributed by atoms with Crippen LogP contribution in [0.5, 0.6) is 0 Å². The first kappa shape index (κ1) is 13.7. The number of aromatic nitrogens is 1. The van der Waals surface area contributed by atoms with E-state index in [0.29, 0.717) is 6.04 Å². The summed E-state index contributed by atoms with van der Waals surface area (Å²) in [7, 11) is 0. The molecule has 1 atom stereocenters. The number of hydrogen-bond acceptors (Lipinski definition) is 3. The van der Waals surface area contributed by atoms with Gasteiger partial charge in [0.1, 0.15) is 5.01 Å². The molecule has 1 aromatic heterocycles. The minimum atomic E-state index is 0.407. The topological polar surface area (TPSA) is 24.9 Å².